The predicted octanol–water partition coefficient (Wildman–Crippen LogP) is 3.51. The largest absolute Gasteiger partial charge is 0.376 e. The van der Waals surface area contributed by atoms with E-state index in [0.29, 0.717) is 17.2 Å². The number of aryl methyl sites for hydroxylation is 1. The third-order valence-corrected chi connectivity index (χ3v) is 9.87. The Labute approximate surface area is 220 Å². The number of carbonyl (C=O) groups excluding carboxylic acids is 1. The number of aromatic nitrogens is 3. The molecule has 1 N–H and O–H groups in total. The van der Waals surface area contributed by atoms with Crippen molar-refractivity contribution in [3.63, 3.8) is 0 Å². The normalized spacial score (nSPS) is 23.0. The Morgan fingerprint density at radius 1 is 1.11 bits per heavy atom. The fourth-order valence-electron chi connectivity index (χ4n) is 6.02. The number of sulfone groups is 1. The molecule has 192 valence electrons. The highest BCUT2D eigenvalue weighted by Gasteiger charge is 2.60. The van der Waals surface area contributed by atoms with E-state index in [2.05, 4.69) is 28.5 Å². The Morgan fingerprint density at radius 2 is 2.03 bits per heavy atom. The summed E-state index contributed by atoms with van der Waals surface area (Å²) in [7, 11) is -3.49. The average molecular weight is 527 g/mol. The quantitative estimate of drug-likeness (QED) is 0.433. The van der Waals surface area contributed by atoms with Gasteiger partial charge < -0.3 is 10.1 Å². The van der Waals surface area contributed by atoms with Gasteiger partial charge in [-0.3, -0.25) is 19.7 Å². The minimum Gasteiger partial charge on any atom is -0.376 e. The Balaban J connectivity index is 1.13. The highest BCUT2D eigenvalue weighted by atomic mass is 32.2. The first-order valence-electron chi connectivity index (χ1n) is 12.9. The Morgan fingerprint density at radius 3 is 2.95 bits per heavy atom. The molecule has 4 heterocycles. The van der Waals surface area contributed by atoms with E-state index in [0.717, 1.165) is 35.9 Å². The minimum absolute atomic E-state index is 0.0925. The molecule has 0 saturated heterocycles. The third kappa shape index (κ3) is 3.80. The van der Waals surface area contributed by atoms with E-state index >= 15 is 0 Å². The fraction of sp³-hybridized carbons (Fsp3) is 0.310. The first-order chi connectivity index (χ1) is 18.4. The minimum atomic E-state index is -3.49. The van der Waals surface area contributed by atoms with Crippen molar-refractivity contribution in [1.29, 1.82) is 0 Å². The lowest BCUT2D eigenvalue weighted by atomic mass is 9.83. The van der Waals surface area contributed by atoms with E-state index < -0.39 is 9.84 Å². The topological polar surface area (TPSA) is 111 Å². The van der Waals surface area contributed by atoms with Gasteiger partial charge in [0, 0.05) is 23.3 Å². The van der Waals surface area contributed by atoms with Crippen molar-refractivity contribution in [2.45, 2.75) is 42.7 Å². The molecule has 1 aliphatic heterocycles. The summed E-state index contributed by atoms with van der Waals surface area (Å²) in [5.74, 6) is 0.123. The SMILES string of the molecule is O=C(NCc1cc2nc(C34CC3CCc3cccnc34)ccc2cn1)c1ccc2c(c1)S(=O)(=O)CCOC2. The summed E-state index contributed by atoms with van der Waals surface area (Å²) in [6.07, 6.45) is 6.95. The van der Waals surface area contributed by atoms with E-state index in [1.54, 1.807) is 18.3 Å². The van der Waals surface area contributed by atoms with Gasteiger partial charge in [0.05, 0.1) is 58.4 Å². The maximum Gasteiger partial charge on any atom is 0.251 e. The molecule has 1 fully saturated rings. The van der Waals surface area contributed by atoms with Gasteiger partial charge >= 0.3 is 0 Å². The van der Waals surface area contributed by atoms with E-state index in [1.165, 1.54) is 17.3 Å². The van der Waals surface area contributed by atoms with Crippen LogP contribution >= 0.6 is 0 Å². The molecule has 0 bridgehead atoms. The highest BCUT2D eigenvalue weighted by molar-refractivity contribution is 7.91. The molecular weight excluding hydrogens is 500 g/mol. The van der Waals surface area contributed by atoms with Crippen LogP contribution in [0.3, 0.4) is 0 Å². The summed E-state index contributed by atoms with van der Waals surface area (Å²) >= 11 is 0. The number of hydrogen-bond donors (Lipinski definition) is 1. The van der Waals surface area contributed by atoms with Crippen LogP contribution in [0.1, 0.15) is 51.4 Å². The number of ether oxygens (including phenoxy) is 1. The van der Waals surface area contributed by atoms with Gasteiger partial charge in [-0.1, -0.05) is 12.1 Å². The molecular formula is C29H26N4O4S. The first-order valence-corrected chi connectivity index (χ1v) is 14.5. The van der Waals surface area contributed by atoms with Crippen LogP contribution in [0, 0.1) is 5.92 Å². The average Bonchev–Trinajstić information content (AvgIpc) is 3.72. The molecule has 8 nitrogen and oxygen atoms in total. The lowest BCUT2D eigenvalue weighted by Crippen LogP contribution is -2.24. The number of carbonyl (C=O) groups is 1. The van der Waals surface area contributed by atoms with Crippen molar-refractivity contribution in [2.24, 2.45) is 5.92 Å². The van der Waals surface area contributed by atoms with Crippen LogP contribution in [-0.4, -0.2) is 41.6 Å². The van der Waals surface area contributed by atoms with Crippen LogP contribution in [-0.2, 0) is 39.6 Å². The van der Waals surface area contributed by atoms with Crippen LogP contribution in [0.15, 0.2) is 65.8 Å². The van der Waals surface area contributed by atoms with Gasteiger partial charge in [-0.25, -0.2) is 8.42 Å². The van der Waals surface area contributed by atoms with Gasteiger partial charge in [-0.15, -0.1) is 0 Å². The van der Waals surface area contributed by atoms with Crippen molar-refractivity contribution in [1.82, 2.24) is 20.3 Å². The van der Waals surface area contributed by atoms with Crippen molar-refractivity contribution >= 4 is 26.6 Å². The molecule has 38 heavy (non-hydrogen) atoms. The Bertz CT molecular complexity index is 1720. The molecule has 0 spiro atoms. The number of benzene rings is 1. The van der Waals surface area contributed by atoms with E-state index in [4.69, 9.17) is 14.7 Å². The smallest absolute Gasteiger partial charge is 0.251 e. The lowest BCUT2D eigenvalue weighted by molar-refractivity contribution is 0.0950. The van der Waals surface area contributed by atoms with Gasteiger partial charge in [0.2, 0.25) is 0 Å². The van der Waals surface area contributed by atoms with E-state index in [1.807, 2.05) is 18.3 Å². The number of amides is 1. The van der Waals surface area contributed by atoms with Gasteiger partial charge in [-0.05, 0) is 72.7 Å². The second kappa shape index (κ2) is 8.68. The zero-order chi connectivity index (χ0) is 25.9. The van der Waals surface area contributed by atoms with Crippen LogP contribution in [0.25, 0.3) is 10.9 Å². The molecule has 9 heteroatoms. The predicted molar refractivity (Wildman–Crippen MR) is 140 cm³/mol. The second-order valence-electron chi connectivity index (χ2n) is 10.4. The highest BCUT2D eigenvalue weighted by Crippen LogP contribution is 2.62. The fourth-order valence-corrected chi connectivity index (χ4v) is 7.41. The summed E-state index contributed by atoms with van der Waals surface area (Å²) in [6.45, 7) is 0.564. The van der Waals surface area contributed by atoms with Gasteiger partial charge in [0.25, 0.3) is 5.91 Å². The van der Waals surface area contributed by atoms with Crippen molar-refractivity contribution < 1.29 is 17.9 Å². The number of pyridine rings is 3. The van der Waals surface area contributed by atoms with E-state index in [9.17, 15) is 13.2 Å². The zero-order valence-corrected chi connectivity index (χ0v) is 21.5. The van der Waals surface area contributed by atoms with Crippen LogP contribution in [0.5, 0.6) is 0 Å². The standard InChI is InChI=1S/C29H26N4O4S/c34-28(19-3-4-21-17-37-10-11-38(35,36)25(21)12-19)32-16-23-13-24-20(15-31-23)6-8-26(33-24)29-14-22(29)7-5-18-2-1-9-30-27(18)29/h1-4,6,8-9,12-13,15,22H,5,7,10-11,14,16-17H2,(H,32,34). The molecule has 2 unspecified atom stereocenters. The van der Waals surface area contributed by atoms with Crippen molar-refractivity contribution in [3.8, 4) is 0 Å². The van der Waals surface area contributed by atoms with Crippen LogP contribution in [0.4, 0.5) is 0 Å². The molecule has 2 atom stereocenters. The monoisotopic (exact) mass is 526 g/mol. The summed E-state index contributed by atoms with van der Waals surface area (Å²) in [5, 5.41) is 3.81. The van der Waals surface area contributed by atoms with Gasteiger partial charge in [-0.2, -0.15) is 0 Å². The number of nitrogens with zero attached hydrogens (tertiary/aromatic N) is 3. The van der Waals surface area contributed by atoms with Gasteiger partial charge in [0.1, 0.15) is 0 Å². The van der Waals surface area contributed by atoms with Gasteiger partial charge in [0.15, 0.2) is 9.84 Å². The third-order valence-electron chi connectivity index (χ3n) is 8.12. The maximum absolute atomic E-state index is 12.9. The van der Waals surface area contributed by atoms with E-state index in [-0.39, 0.29) is 47.3 Å². The molecule has 7 rings (SSSR count). The summed E-state index contributed by atoms with van der Waals surface area (Å²) in [6, 6.07) is 15.0. The molecule has 3 aliphatic rings. The summed E-state index contributed by atoms with van der Waals surface area (Å²) < 4.78 is 30.5. The molecule has 1 amide bonds. The summed E-state index contributed by atoms with van der Waals surface area (Å²) in [4.78, 5) is 27.4. The van der Waals surface area contributed by atoms with Crippen LogP contribution < -0.4 is 5.32 Å². The lowest BCUT2D eigenvalue weighted by Gasteiger charge is -2.24. The Kier molecular flexibility index (Phi) is 5.35. The maximum atomic E-state index is 12.9. The molecule has 0 radical (unpaired) electrons. The number of rotatable bonds is 4. The molecule has 2 aliphatic carbocycles. The second-order valence-corrected chi connectivity index (χ2v) is 12.4. The number of nitrogens with one attached hydrogen (secondary N) is 1. The number of hydrogen-bond acceptors (Lipinski definition) is 7. The first kappa shape index (κ1) is 23.4. The molecule has 1 saturated carbocycles. The van der Waals surface area contributed by atoms with Crippen LogP contribution in [0.2, 0.25) is 0 Å². The van der Waals surface area contributed by atoms with Crippen molar-refractivity contribution in [2.75, 3.05) is 12.4 Å². The summed E-state index contributed by atoms with van der Waals surface area (Å²) in [5.41, 5.74) is 5.81. The number of fused-ring (bicyclic) bond motifs is 5. The Hall–Kier alpha value is -3.69. The molecule has 3 aromatic heterocycles. The van der Waals surface area contributed by atoms with Crippen molar-refractivity contribution in [3.05, 3.63) is 94.7 Å². The molecule has 1 aromatic carbocycles. The zero-order valence-electron chi connectivity index (χ0n) is 20.7. The molecule has 4 aromatic rings.